The molecule has 3 unspecified atom stereocenters. The Morgan fingerprint density at radius 1 is 0.889 bits per heavy atom. The first-order valence-electron chi connectivity index (χ1n) is 12.6. The van der Waals surface area contributed by atoms with E-state index in [-0.39, 0.29) is 24.0 Å². The van der Waals surface area contributed by atoms with Gasteiger partial charge < -0.3 is 15.5 Å². The third-order valence-corrected chi connectivity index (χ3v) is 7.40. The van der Waals surface area contributed by atoms with Crippen molar-refractivity contribution >= 4 is 37.9 Å². The molecule has 3 N–H and O–H groups in total. The fourth-order valence-electron chi connectivity index (χ4n) is 3.97. The number of nitro benzene ring substituents is 1. The van der Waals surface area contributed by atoms with E-state index in [4.69, 9.17) is 0 Å². The second-order valence-corrected chi connectivity index (χ2v) is 10.3. The van der Waals surface area contributed by atoms with Crippen molar-refractivity contribution in [2.24, 2.45) is 0 Å². The van der Waals surface area contributed by atoms with E-state index in [0.29, 0.717) is 12.0 Å². The van der Waals surface area contributed by atoms with Crippen LogP contribution in [0.1, 0.15) is 75.9 Å². The lowest BCUT2D eigenvalue weighted by atomic mass is 10.0. The summed E-state index contributed by atoms with van der Waals surface area (Å²) in [7, 11) is 0.919. The van der Waals surface area contributed by atoms with Gasteiger partial charge in [-0.1, -0.05) is 83.9 Å². The predicted octanol–water partition coefficient (Wildman–Crippen LogP) is 5.43. The summed E-state index contributed by atoms with van der Waals surface area (Å²) in [5.74, 6) is -0.207. The zero-order valence-corrected chi connectivity index (χ0v) is 22.6. The number of non-ortho nitro benzene ring substituents is 1. The second kappa shape index (κ2) is 19.1. The van der Waals surface area contributed by atoms with E-state index in [1.165, 1.54) is 74.3 Å². The Labute approximate surface area is 222 Å². The highest BCUT2D eigenvalue weighted by Crippen LogP contribution is 2.21. The number of nitrogens with one attached hydrogen (secondary N) is 1. The molecule has 0 fully saturated rings. The Bertz CT molecular complexity index is 870. The fourth-order valence-corrected chi connectivity index (χ4v) is 5.11. The molecule has 3 atom stereocenters. The van der Waals surface area contributed by atoms with Crippen LogP contribution in [0.2, 0.25) is 0 Å². The summed E-state index contributed by atoms with van der Waals surface area (Å²) in [6, 6.07) is 15.3. The maximum atomic E-state index is 12.2. The number of hydrogen-bond donors (Lipinski definition) is 3. The molecule has 0 aliphatic heterocycles. The molecule has 9 heteroatoms. The molecule has 0 bridgehead atoms. The summed E-state index contributed by atoms with van der Waals surface area (Å²) < 4.78 is 0. The summed E-state index contributed by atoms with van der Waals surface area (Å²) in [6.45, 7) is -0.420. The minimum atomic E-state index is -1.14. The number of carbonyl (C=O) groups is 1. The van der Waals surface area contributed by atoms with E-state index in [9.17, 15) is 25.1 Å². The number of amides is 1. The smallest absolute Gasteiger partial charge is 0.269 e. The molecule has 0 aliphatic carbocycles. The van der Waals surface area contributed by atoms with Crippen LogP contribution < -0.4 is 10.6 Å². The number of aliphatic hydroxyl groups is 2. The van der Waals surface area contributed by atoms with Crippen LogP contribution >= 0.6 is 21.0 Å². The first-order chi connectivity index (χ1) is 17.0. The molecule has 0 aromatic heterocycles. The molecule has 2 aromatic carbocycles. The average Bonchev–Trinajstić information content (AvgIpc) is 2.88. The molecular formula is C27H40ClN2O5P. The second-order valence-electron chi connectivity index (χ2n) is 8.87. The lowest BCUT2D eigenvalue weighted by Crippen LogP contribution is -2.41. The van der Waals surface area contributed by atoms with Crippen molar-refractivity contribution in [2.45, 2.75) is 76.4 Å². The number of hydrogen-bond acceptors (Lipinski definition) is 5. The van der Waals surface area contributed by atoms with Crippen LogP contribution in [0.4, 0.5) is 5.69 Å². The normalized spacial score (nSPS) is 12.7. The van der Waals surface area contributed by atoms with Crippen LogP contribution in [-0.2, 0) is 4.79 Å². The van der Waals surface area contributed by atoms with Crippen molar-refractivity contribution in [3.63, 3.8) is 0 Å². The molecule has 0 saturated carbocycles. The quantitative estimate of drug-likeness (QED) is 0.101. The Morgan fingerprint density at radius 2 is 1.44 bits per heavy atom. The lowest BCUT2D eigenvalue weighted by molar-refractivity contribution is -0.384. The van der Waals surface area contributed by atoms with Gasteiger partial charge in [-0.15, -0.1) is 12.4 Å². The molecule has 1 amide bonds. The molecule has 36 heavy (non-hydrogen) atoms. The third kappa shape index (κ3) is 12.8. The third-order valence-electron chi connectivity index (χ3n) is 6.05. The number of rotatable bonds is 18. The molecule has 0 spiro atoms. The van der Waals surface area contributed by atoms with Crippen LogP contribution in [0.3, 0.4) is 0 Å². The van der Waals surface area contributed by atoms with Crippen molar-refractivity contribution in [3.05, 3.63) is 70.3 Å². The van der Waals surface area contributed by atoms with Gasteiger partial charge in [-0.05, 0) is 42.0 Å². The van der Waals surface area contributed by atoms with Crippen molar-refractivity contribution < 1.29 is 19.9 Å². The van der Waals surface area contributed by atoms with E-state index >= 15 is 0 Å². The Kier molecular flexibility index (Phi) is 17.0. The monoisotopic (exact) mass is 538 g/mol. The van der Waals surface area contributed by atoms with E-state index in [0.717, 1.165) is 27.8 Å². The zero-order valence-electron chi connectivity index (χ0n) is 20.8. The molecule has 200 valence electrons. The standard InChI is InChI=1S/C27H39N2O5P.ClH/c30-21-25(27(32)22-16-18-23(19-17-22)29(33)34)28-26(31)15-11-6-4-2-1-3-5-7-12-20-35-24-13-9-8-10-14-24;/h8-10,13-14,16-19,25,27,30,32,35H,1-7,11-12,15,20-21H2,(H,28,31);1H. The van der Waals surface area contributed by atoms with Gasteiger partial charge >= 0.3 is 0 Å². The van der Waals surface area contributed by atoms with Crippen LogP contribution in [-0.4, -0.2) is 39.9 Å². The molecule has 2 rings (SSSR count). The Morgan fingerprint density at radius 3 is 2.00 bits per heavy atom. The highest BCUT2D eigenvalue weighted by Gasteiger charge is 2.22. The van der Waals surface area contributed by atoms with Gasteiger partial charge in [0.05, 0.1) is 17.6 Å². The van der Waals surface area contributed by atoms with Crippen molar-refractivity contribution in [1.82, 2.24) is 5.32 Å². The Balaban J connectivity index is 0.00000648. The maximum absolute atomic E-state index is 12.2. The summed E-state index contributed by atoms with van der Waals surface area (Å²) in [6.07, 6.45) is 11.0. The van der Waals surface area contributed by atoms with Gasteiger partial charge in [0.25, 0.3) is 5.69 Å². The lowest BCUT2D eigenvalue weighted by Gasteiger charge is -2.22. The summed E-state index contributed by atoms with van der Waals surface area (Å²) >= 11 is 0. The van der Waals surface area contributed by atoms with Crippen LogP contribution in [0.5, 0.6) is 0 Å². The predicted molar refractivity (Wildman–Crippen MR) is 150 cm³/mol. The molecular weight excluding hydrogens is 499 g/mol. The van der Waals surface area contributed by atoms with E-state index in [1.807, 2.05) is 0 Å². The molecule has 2 aromatic rings. The van der Waals surface area contributed by atoms with Crippen LogP contribution in [0.25, 0.3) is 0 Å². The van der Waals surface area contributed by atoms with Gasteiger partial charge in [-0.25, -0.2) is 0 Å². The molecule has 0 radical (unpaired) electrons. The van der Waals surface area contributed by atoms with Crippen molar-refractivity contribution in [3.8, 4) is 0 Å². The van der Waals surface area contributed by atoms with Gasteiger partial charge in [0.15, 0.2) is 0 Å². The zero-order chi connectivity index (χ0) is 25.3. The SMILES string of the molecule is Cl.O=C(CCCCCCCCCCCPc1ccccc1)NC(CO)C(O)c1ccc([N+](=O)[O-])cc1. The maximum Gasteiger partial charge on any atom is 0.269 e. The molecule has 7 nitrogen and oxygen atoms in total. The van der Waals surface area contributed by atoms with Gasteiger partial charge in [-0.2, -0.15) is 0 Å². The fraction of sp³-hybridized carbons (Fsp3) is 0.519. The van der Waals surface area contributed by atoms with Gasteiger partial charge in [0.2, 0.25) is 5.91 Å². The minimum Gasteiger partial charge on any atom is -0.394 e. The summed E-state index contributed by atoms with van der Waals surface area (Å²) in [5, 5.41) is 34.9. The number of nitro groups is 1. The highest BCUT2D eigenvalue weighted by molar-refractivity contribution is 7.47. The highest BCUT2D eigenvalue weighted by atomic mass is 35.5. The first-order valence-corrected chi connectivity index (χ1v) is 13.8. The van der Waals surface area contributed by atoms with Crippen LogP contribution in [0.15, 0.2) is 54.6 Å². The van der Waals surface area contributed by atoms with Gasteiger partial charge in [0, 0.05) is 18.6 Å². The van der Waals surface area contributed by atoms with E-state index in [1.54, 1.807) is 0 Å². The summed E-state index contributed by atoms with van der Waals surface area (Å²) in [5.41, 5.74) is 0.330. The van der Waals surface area contributed by atoms with Crippen LogP contribution in [0, 0.1) is 10.1 Å². The first kappa shape index (κ1) is 32.0. The van der Waals surface area contributed by atoms with Gasteiger partial charge in [-0.3, -0.25) is 14.9 Å². The Hall–Kier alpha value is -2.05. The number of benzene rings is 2. The number of aliphatic hydroxyl groups excluding tert-OH is 2. The molecule has 0 aliphatic rings. The minimum absolute atomic E-state index is 0. The van der Waals surface area contributed by atoms with E-state index < -0.39 is 23.7 Å². The average molecular weight is 539 g/mol. The molecule has 0 heterocycles. The largest absolute Gasteiger partial charge is 0.394 e. The van der Waals surface area contributed by atoms with E-state index in [2.05, 4.69) is 35.6 Å². The van der Waals surface area contributed by atoms with Crippen molar-refractivity contribution in [1.29, 1.82) is 0 Å². The number of unbranched alkanes of at least 4 members (excludes halogenated alkanes) is 8. The van der Waals surface area contributed by atoms with Gasteiger partial charge in [0.1, 0.15) is 6.10 Å². The van der Waals surface area contributed by atoms with Crippen molar-refractivity contribution in [2.75, 3.05) is 12.8 Å². The summed E-state index contributed by atoms with van der Waals surface area (Å²) in [4.78, 5) is 22.5. The number of halogens is 1. The molecule has 0 saturated heterocycles. The topological polar surface area (TPSA) is 113 Å². The number of carbonyl (C=O) groups excluding carboxylic acids is 1. The number of nitrogens with zero attached hydrogens (tertiary/aromatic N) is 1.